The summed E-state index contributed by atoms with van der Waals surface area (Å²) in [7, 11) is 0. The van der Waals surface area contributed by atoms with Gasteiger partial charge >= 0.3 is 12.4 Å². The fourth-order valence-electron chi connectivity index (χ4n) is 6.00. The van der Waals surface area contributed by atoms with E-state index in [1.165, 1.54) is 38.1 Å². The highest BCUT2D eigenvalue weighted by Crippen LogP contribution is 2.42. The zero-order chi connectivity index (χ0) is 31.4. The molecule has 2 fully saturated rings. The Kier molecular flexibility index (Phi) is 8.11. The van der Waals surface area contributed by atoms with Crippen LogP contribution in [-0.4, -0.2) is 28.0 Å². The van der Waals surface area contributed by atoms with Crippen molar-refractivity contribution in [3.05, 3.63) is 74.6 Å². The second-order valence-corrected chi connectivity index (χ2v) is 14.0. The van der Waals surface area contributed by atoms with Crippen molar-refractivity contribution in [1.29, 1.82) is 0 Å². The highest BCUT2D eigenvalue weighted by atomic mass is 79.9. The third-order valence-electron chi connectivity index (χ3n) is 8.74. The molecule has 0 aliphatic heterocycles. The van der Waals surface area contributed by atoms with E-state index in [0.29, 0.717) is 16.3 Å². The lowest BCUT2D eigenvalue weighted by Gasteiger charge is -2.31. The number of nitrogens with zero attached hydrogens (tertiary/aromatic N) is 5. The number of benzene rings is 1. The second kappa shape index (κ2) is 11.5. The Balaban J connectivity index is 1.43. The first kappa shape index (κ1) is 31.1. The van der Waals surface area contributed by atoms with Crippen molar-refractivity contribution in [1.82, 2.24) is 15.0 Å². The van der Waals surface area contributed by atoms with Gasteiger partial charge in [0, 0.05) is 49.6 Å². The summed E-state index contributed by atoms with van der Waals surface area (Å²) < 4.78 is 82.9. The van der Waals surface area contributed by atoms with Gasteiger partial charge in [0.2, 0.25) is 5.95 Å². The maximum atomic E-state index is 13.7. The minimum atomic E-state index is -4.94. The Morgan fingerprint density at radius 2 is 1.39 bits per heavy atom. The van der Waals surface area contributed by atoms with E-state index in [9.17, 15) is 26.3 Å². The molecule has 12 heteroatoms. The second-order valence-electron chi connectivity index (χ2n) is 13.1. The molecule has 6 rings (SSSR count). The fourth-order valence-corrected chi connectivity index (χ4v) is 6.20. The molecule has 3 aliphatic carbocycles. The van der Waals surface area contributed by atoms with Crippen molar-refractivity contribution in [2.75, 3.05) is 22.9 Å². The highest BCUT2D eigenvalue weighted by molar-refractivity contribution is 9.10. The smallest absolute Gasteiger partial charge is 0.356 e. The number of fused-ring (bicyclic) bond motifs is 1. The molecular formula is C32H34BrF6N5. The van der Waals surface area contributed by atoms with Crippen LogP contribution < -0.4 is 9.80 Å². The molecule has 0 N–H and O–H groups in total. The molecule has 2 saturated carbocycles. The van der Waals surface area contributed by atoms with Gasteiger partial charge in [0.15, 0.2) is 0 Å². The Morgan fingerprint density at radius 3 is 1.91 bits per heavy atom. The van der Waals surface area contributed by atoms with Crippen LogP contribution in [0.15, 0.2) is 41.1 Å². The number of halogens is 7. The molecule has 0 saturated heterocycles. The van der Waals surface area contributed by atoms with Gasteiger partial charge in [-0.05, 0) is 102 Å². The molecule has 1 aromatic carbocycles. The largest absolute Gasteiger partial charge is 0.416 e. The van der Waals surface area contributed by atoms with Crippen molar-refractivity contribution in [2.24, 2.45) is 11.8 Å². The van der Waals surface area contributed by atoms with Gasteiger partial charge in [0.05, 0.1) is 21.3 Å². The molecular weight excluding hydrogens is 648 g/mol. The van der Waals surface area contributed by atoms with Crippen LogP contribution >= 0.6 is 15.9 Å². The summed E-state index contributed by atoms with van der Waals surface area (Å²) >= 11 is 3.31. The number of aromatic nitrogens is 3. The first-order chi connectivity index (χ1) is 20.7. The SMILES string of the molecule is CC1(C)CCc2cc(CN(Cc3cc(C(F)(F)F)cc(C(F)(F)F)c3)c3ncc(Br)cn3)c(N(CC3CC3)CC3CC3)nc21. The van der Waals surface area contributed by atoms with E-state index in [0.717, 1.165) is 60.7 Å². The Bertz CT molecular complexity index is 1470. The van der Waals surface area contributed by atoms with E-state index in [2.05, 4.69) is 50.7 Å². The standard InChI is InChI=1S/C32H34BrF6N5/c1-30(2)8-7-22-11-23(28(42-27(22)30)43(15-19-3-4-19)16-20-5-6-20)18-44(29-40-13-26(33)14-41-29)17-21-9-24(31(34,35)36)12-25(10-21)32(37,38)39/h9-14,19-20H,3-8,15-18H2,1-2H3. The van der Waals surface area contributed by atoms with Crippen LogP contribution in [0.3, 0.4) is 0 Å². The van der Waals surface area contributed by atoms with Crippen LogP contribution in [0, 0.1) is 11.8 Å². The quantitative estimate of drug-likeness (QED) is 0.200. The number of hydrogen-bond acceptors (Lipinski definition) is 5. The zero-order valence-corrected chi connectivity index (χ0v) is 26.2. The van der Waals surface area contributed by atoms with Crippen molar-refractivity contribution >= 4 is 27.7 Å². The maximum Gasteiger partial charge on any atom is 0.416 e. The van der Waals surface area contributed by atoms with Gasteiger partial charge in [0.25, 0.3) is 0 Å². The summed E-state index contributed by atoms with van der Waals surface area (Å²) in [5.74, 6) is 2.24. The molecule has 2 aromatic heterocycles. The number of alkyl halides is 6. The van der Waals surface area contributed by atoms with Crippen molar-refractivity contribution in [3.8, 4) is 0 Å². The van der Waals surface area contributed by atoms with Crippen LogP contribution in [-0.2, 0) is 37.3 Å². The summed E-state index contributed by atoms with van der Waals surface area (Å²) in [5, 5.41) is 0. The van der Waals surface area contributed by atoms with Gasteiger partial charge in [-0.25, -0.2) is 15.0 Å². The minimum Gasteiger partial charge on any atom is -0.356 e. The van der Waals surface area contributed by atoms with Crippen LogP contribution in [0.25, 0.3) is 0 Å². The van der Waals surface area contributed by atoms with Gasteiger partial charge in [-0.2, -0.15) is 26.3 Å². The van der Waals surface area contributed by atoms with Gasteiger partial charge in [-0.15, -0.1) is 0 Å². The Morgan fingerprint density at radius 1 is 0.818 bits per heavy atom. The zero-order valence-electron chi connectivity index (χ0n) is 24.6. The molecule has 3 aliphatic rings. The van der Waals surface area contributed by atoms with Crippen LogP contribution in [0.2, 0.25) is 0 Å². The van der Waals surface area contributed by atoms with Crippen molar-refractivity contribution in [2.45, 2.75) is 83.2 Å². The number of hydrogen-bond donors (Lipinski definition) is 0. The van der Waals surface area contributed by atoms with Crippen LogP contribution in [0.5, 0.6) is 0 Å². The Labute approximate surface area is 261 Å². The van der Waals surface area contributed by atoms with Crippen molar-refractivity contribution < 1.29 is 26.3 Å². The topological polar surface area (TPSA) is 45.2 Å². The molecule has 0 bridgehead atoms. The molecule has 0 amide bonds. The summed E-state index contributed by atoms with van der Waals surface area (Å²) in [6.07, 6.45) is -0.370. The molecule has 44 heavy (non-hydrogen) atoms. The summed E-state index contributed by atoms with van der Waals surface area (Å²) in [5.41, 5.74) is 0.144. The lowest BCUT2D eigenvalue weighted by Crippen LogP contribution is -2.33. The molecule has 2 heterocycles. The summed E-state index contributed by atoms with van der Waals surface area (Å²) in [4.78, 5) is 18.1. The summed E-state index contributed by atoms with van der Waals surface area (Å²) in [6.45, 7) is 6.05. The van der Waals surface area contributed by atoms with Gasteiger partial charge < -0.3 is 9.80 Å². The molecule has 0 radical (unpaired) electrons. The van der Waals surface area contributed by atoms with Gasteiger partial charge in [-0.1, -0.05) is 13.8 Å². The van der Waals surface area contributed by atoms with Gasteiger partial charge in [-0.3, -0.25) is 0 Å². The molecule has 0 unspecified atom stereocenters. The average Bonchev–Trinajstić information content (AvgIpc) is 3.88. The predicted octanol–water partition coefficient (Wildman–Crippen LogP) is 8.73. The first-order valence-corrected chi connectivity index (χ1v) is 15.7. The third kappa shape index (κ3) is 7.15. The lowest BCUT2D eigenvalue weighted by atomic mass is 9.90. The normalized spacial score (nSPS) is 17.9. The van der Waals surface area contributed by atoms with E-state index in [1.807, 2.05) is 0 Å². The third-order valence-corrected chi connectivity index (χ3v) is 9.15. The first-order valence-electron chi connectivity index (χ1n) is 14.9. The molecule has 0 spiro atoms. The minimum absolute atomic E-state index is 0.0893. The highest BCUT2D eigenvalue weighted by Gasteiger charge is 2.38. The number of anilines is 2. The van der Waals surface area contributed by atoms with Crippen molar-refractivity contribution in [3.63, 3.8) is 0 Å². The maximum absolute atomic E-state index is 13.7. The lowest BCUT2D eigenvalue weighted by molar-refractivity contribution is -0.143. The predicted molar refractivity (Wildman–Crippen MR) is 159 cm³/mol. The van der Waals surface area contributed by atoms with E-state index in [1.54, 1.807) is 4.90 Å². The number of pyridine rings is 1. The number of rotatable bonds is 10. The molecule has 0 atom stereocenters. The number of aryl methyl sites for hydroxylation is 1. The average molecular weight is 683 g/mol. The Hall–Kier alpha value is -2.89. The molecule has 5 nitrogen and oxygen atoms in total. The fraction of sp³-hybridized carbons (Fsp3) is 0.531. The van der Waals surface area contributed by atoms with E-state index >= 15 is 0 Å². The monoisotopic (exact) mass is 681 g/mol. The van der Waals surface area contributed by atoms with E-state index in [4.69, 9.17) is 4.98 Å². The molecule has 3 aromatic rings. The van der Waals surface area contributed by atoms with Gasteiger partial charge in [0.1, 0.15) is 5.82 Å². The van der Waals surface area contributed by atoms with E-state index < -0.39 is 23.5 Å². The van der Waals surface area contributed by atoms with Crippen LogP contribution in [0.4, 0.5) is 38.1 Å². The molecule has 236 valence electrons. The van der Waals surface area contributed by atoms with Crippen LogP contribution in [0.1, 0.15) is 79.5 Å². The summed E-state index contributed by atoms with van der Waals surface area (Å²) in [6, 6.07) is 3.84. The van der Waals surface area contributed by atoms with E-state index in [-0.39, 0.29) is 36.1 Å².